The molecule has 1 aromatic heterocycles. The summed E-state index contributed by atoms with van der Waals surface area (Å²) in [4.78, 5) is 5.98. The van der Waals surface area contributed by atoms with Crippen LogP contribution in [0, 0.1) is 11.6 Å². The lowest BCUT2D eigenvalue weighted by atomic mass is 10.1. The molecule has 0 atom stereocenters. The van der Waals surface area contributed by atoms with Gasteiger partial charge in [-0.1, -0.05) is 0 Å². The maximum Gasteiger partial charge on any atom is 0.247 e. The second kappa shape index (κ2) is 11.4. The van der Waals surface area contributed by atoms with Crippen molar-refractivity contribution in [2.75, 3.05) is 52.4 Å². The van der Waals surface area contributed by atoms with Crippen molar-refractivity contribution in [2.24, 2.45) is 0 Å². The summed E-state index contributed by atoms with van der Waals surface area (Å²) in [6.07, 6.45) is 0.531. The van der Waals surface area contributed by atoms with Crippen molar-refractivity contribution in [2.45, 2.75) is 11.3 Å². The van der Waals surface area contributed by atoms with Crippen molar-refractivity contribution in [3.05, 3.63) is 55.4 Å². The average Bonchev–Trinajstić information content (AvgIpc) is 3.35. The number of thiazole rings is 1. The summed E-state index contributed by atoms with van der Waals surface area (Å²) in [5.74, 6) is -0.283. The van der Waals surface area contributed by atoms with Crippen LogP contribution >= 0.6 is 43.2 Å². The van der Waals surface area contributed by atoms with Crippen LogP contribution in [0.25, 0.3) is 0 Å². The van der Waals surface area contributed by atoms with Crippen LogP contribution in [0.4, 0.5) is 13.9 Å². The normalized spacial score (nSPS) is 14.6. The van der Waals surface area contributed by atoms with E-state index in [2.05, 4.69) is 31.9 Å². The second-order valence-corrected chi connectivity index (χ2v) is 12.4. The molecule has 1 fully saturated rings. The van der Waals surface area contributed by atoms with Crippen LogP contribution in [0.2, 0.25) is 0 Å². The van der Waals surface area contributed by atoms with Crippen molar-refractivity contribution in [1.82, 2.24) is 9.29 Å². The van der Waals surface area contributed by atoms with Crippen molar-refractivity contribution in [1.29, 1.82) is 0 Å². The quantitative estimate of drug-likeness (QED) is 0.307. The van der Waals surface area contributed by atoms with Crippen LogP contribution < -0.4 is 19.1 Å². The molecule has 37 heavy (non-hydrogen) atoms. The Balaban J connectivity index is 1.47. The van der Waals surface area contributed by atoms with Crippen molar-refractivity contribution in [3.8, 4) is 17.2 Å². The second-order valence-electron chi connectivity index (χ2n) is 8.02. The highest BCUT2D eigenvalue weighted by Gasteiger charge is 2.35. The van der Waals surface area contributed by atoms with E-state index in [-0.39, 0.29) is 17.6 Å². The fraction of sp³-hybridized carbons (Fsp3) is 0.348. The Morgan fingerprint density at radius 2 is 1.62 bits per heavy atom. The number of aromatic nitrogens is 1. The van der Waals surface area contributed by atoms with Crippen LogP contribution in [-0.4, -0.2) is 65.2 Å². The summed E-state index contributed by atoms with van der Waals surface area (Å²) < 4.78 is 71.8. The van der Waals surface area contributed by atoms with Gasteiger partial charge in [0.05, 0.1) is 36.0 Å². The third kappa shape index (κ3) is 5.58. The molecule has 0 N–H and O–H groups in total. The number of sulfonamides is 1. The molecule has 0 aliphatic carbocycles. The zero-order valence-electron chi connectivity index (χ0n) is 20.1. The minimum atomic E-state index is -4.26. The van der Waals surface area contributed by atoms with E-state index in [0.29, 0.717) is 36.8 Å². The molecule has 2 heterocycles. The number of benzene rings is 2. The molecule has 1 saturated heterocycles. The Morgan fingerprint density at radius 1 is 1.00 bits per heavy atom. The van der Waals surface area contributed by atoms with Gasteiger partial charge in [-0.3, -0.25) is 0 Å². The number of nitrogens with zero attached hydrogens (tertiary/aromatic N) is 3. The highest BCUT2D eigenvalue weighted by atomic mass is 79.9. The van der Waals surface area contributed by atoms with Crippen LogP contribution in [-0.2, 0) is 16.4 Å². The molecule has 0 bridgehead atoms. The maximum atomic E-state index is 14.7. The molecule has 14 heteroatoms. The van der Waals surface area contributed by atoms with Crippen LogP contribution in [0.1, 0.15) is 11.3 Å². The molecule has 0 amide bonds. The smallest absolute Gasteiger partial charge is 0.247 e. The Kier molecular flexibility index (Phi) is 8.63. The lowest BCUT2D eigenvalue weighted by Gasteiger charge is -2.34. The zero-order valence-corrected chi connectivity index (χ0v) is 24.9. The first-order chi connectivity index (χ1) is 17.6. The van der Waals surface area contributed by atoms with E-state index in [0.717, 1.165) is 26.8 Å². The number of hydrogen-bond acceptors (Lipinski definition) is 8. The third-order valence-corrected chi connectivity index (χ3v) is 10.3. The molecule has 2 aromatic carbocycles. The van der Waals surface area contributed by atoms with Gasteiger partial charge in [-0.15, -0.1) is 11.3 Å². The summed E-state index contributed by atoms with van der Waals surface area (Å²) in [6.45, 7) is 0.909. The average molecular weight is 683 g/mol. The number of halogens is 4. The number of anilines is 1. The van der Waals surface area contributed by atoms with Crippen molar-refractivity contribution < 1.29 is 31.4 Å². The van der Waals surface area contributed by atoms with Crippen molar-refractivity contribution >= 4 is 58.4 Å². The molecule has 3 aromatic rings. The van der Waals surface area contributed by atoms with Gasteiger partial charge in [-0.2, -0.15) is 4.31 Å². The fourth-order valence-electron chi connectivity index (χ4n) is 4.00. The summed E-state index contributed by atoms with van der Waals surface area (Å²) in [7, 11) is 0.396. The topological polar surface area (TPSA) is 81.2 Å². The van der Waals surface area contributed by atoms with Gasteiger partial charge in [0.1, 0.15) is 10.7 Å². The van der Waals surface area contributed by atoms with Gasteiger partial charge in [-0.25, -0.2) is 22.2 Å². The first-order valence-electron chi connectivity index (χ1n) is 10.9. The number of methoxy groups -OCH3 is 3. The predicted molar refractivity (Wildman–Crippen MR) is 144 cm³/mol. The first kappa shape index (κ1) is 28.0. The molecule has 8 nitrogen and oxygen atoms in total. The molecule has 200 valence electrons. The molecule has 1 aliphatic heterocycles. The van der Waals surface area contributed by atoms with Crippen LogP contribution in [0.5, 0.6) is 17.2 Å². The highest BCUT2D eigenvalue weighted by molar-refractivity contribution is 9.11. The monoisotopic (exact) mass is 681 g/mol. The molecule has 0 saturated carbocycles. The van der Waals surface area contributed by atoms with Gasteiger partial charge in [0.25, 0.3) is 0 Å². The first-order valence-corrected chi connectivity index (χ1v) is 14.8. The predicted octanol–water partition coefficient (Wildman–Crippen LogP) is 5.07. The number of ether oxygens (including phenoxy) is 3. The standard InChI is InChI=1S/C23H23Br2F2N3O5S2/c1-33-17-9-13(10-18(34-2)21(17)35-3)8-14-12-36-23(28-14)29-4-6-30(7-5-29)37(31,32)22-19(25)16(26)11-15(24)20(22)27/h9-12H,4-8H2,1-3H3. The van der Waals surface area contributed by atoms with Gasteiger partial charge in [-0.05, 0) is 55.6 Å². The number of hydrogen-bond donors (Lipinski definition) is 0. The lowest BCUT2D eigenvalue weighted by molar-refractivity contribution is 0.324. The van der Waals surface area contributed by atoms with Gasteiger partial charge in [0.2, 0.25) is 15.8 Å². The van der Waals surface area contributed by atoms with E-state index < -0.39 is 31.0 Å². The maximum absolute atomic E-state index is 14.7. The van der Waals surface area contributed by atoms with E-state index in [4.69, 9.17) is 19.2 Å². The fourth-order valence-corrected chi connectivity index (χ4v) is 7.87. The van der Waals surface area contributed by atoms with E-state index in [1.54, 1.807) is 21.3 Å². The minimum Gasteiger partial charge on any atom is -0.493 e. The number of piperazine rings is 1. The van der Waals surface area contributed by atoms with Crippen molar-refractivity contribution in [3.63, 3.8) is 0 Å². The third-order valence-electron chi connectivity index (χ3n) is 5.83. The minimum absolute atomic E-state index is 0.101. The highest BCUT2D eigenvalue weighted by Crippen LogP contribution is 2.39. The Bertz CT molecular complexity index is 1360. The summed E-state index contributed by atoms with van der Waals surface area (Å²) in [5.41, 5.74) is 1.76. The molecule has 4 rings (SSSR count). The van der Waals surface area contributed by atoms with Gasteiger partial charge >= 0.3 is 0 Å². The summed E-state index contributed by atoms with van der Waals surface area (Å²) >= 11 is 7.22. The Morgan fingerprint density at radius 3 is 2.19 bits per heavy atom. The molecular weight excluding hydrogens is 660 g/mol. The molecule has 1 aliphatic rings. The Hall–Kier alpha value is -2.00. The Labute approximate surface area is 234 Å². The van der Waals surface area contributed by atoms with E-state index in [9.17, 15) is 17.2 Å². The SMILES string of the molecule is COc1cc(Cc2csc(N3CCN(S(=O)(=O)c4c(F)c(Br)cc(F)c4Br)CC3)n2)cc(OC)c1OC. The van der Waals surface area contributed by atoms with E-state index >= 15 is 0 Å². The molecule has 0 spiro atoms. The van der Waals surface area contributed by atoms with Gasteiger partial charge in [0, 0.05) is 38.0 Å². The number of rotatable bonds is 8. The molecule has 0 radical (unpaired) electrons. The molecular formula is C23H23Br2F2N3O5S2. The summed E-state index contributed by atoms with van der Waals surface area (Å²) in [5, 5.41) is 2.69. The van der Waals surface area contributed by atoms with Gasteiger partial charge < -0.3 is 19.1 Å². The van der Waals surface area contributed by atoms with E-state index in [1.807, 2.05) is 22.4 Å². The largest absolute Gasteiger partial charge is 0.493 e. The zero-order chi connectivity index (χ0) is 26.9. The van der Waals surface area contributed by atoms with Gasteiger partial charge in [0.15, 0.2) is 22.4 Å². The van der Waals surface area contributed by atoms with Crippen LogP contribution in [0.3, 0.4) is 0 Å². The van der Waals surface area contributed by atoms with Crippen LogP contribution in [0.15, 0.2) is 37.4 Å². The molecule has 0 unspecified atom stereocenters. The lowest BCUT2D eigenvalue weighted by Crippen LogP contribution is -2.49. The van der Waals surface area contributed by atoms with E-state index in [1.165, 1.54) is 11.3 Å². The summed E-state index contributed by atoms with van der Waals surface area (Å²) in [6, 6.07) is 4.62.